The maximum absolute atomic E-state index is 12.9. The third-order valence-electron chi connectivity index (χ3n) is 5.22. The molecule has 3 aromatic rings. The SMILES string of the molecule is Cc1nc(NC(=O)Nc2ccccc2C(=O)NC(C)C)sc1-c1csc(S(=O)(=O)N(C)CCN(C)C)c1. The summed E-state index contributed by atoms with van der Waals surface area (Å²) < 4.78 is 27.5. The molecule has 0 saturated heterocycles. The minimum absolute atomic E-state index is 0.0443. The number of sulfonamides is 1. The number of benzene rings is 1. The van der Waals surface area contributed by atoms with Crippen molar-refractivity contribution in [2.24, 2.45) is 0 Å². The van der Waals surface area contributed by atoms with E-state index in [4.69, 9.17) is 0 Å². The van der Waals surface area contributed by atoms with Gasteiger partial charge < -0.3 is 15.5 Å². The molecule has 10 nitrogen and oxygen atoms in total. The van der Waals surface area contributed by atoms with Crippen molar-refractivity contribution in [3.8, 4) is 10.4 Å². The van der Waals surface area contributed by atoms with Crippen molar-refractivity contribution in [3.05, 3.63) is 47.0 Å². The van der Waals surface area contributed by atoms with Crippen LogP contribution in [0.5, 0.6) is 0 Å². The van der Waals surface area contributed by atoms with Crippen molar-refractivity contribution in [2.45, 2.75) is 31.0 Å². The lowest BCUT2D eigenvalue weighted by Crippen LogP contribution is -2.33. The number of hydrogen-bond acceptors (Lipinski definition) is 8. The molecule has 0 saturated carbocycles. The standard InChI is InChI=1S/C24H32N6O4S3/c1-15(2)25-22(31)18-9-7-8-10-19(18)27-23(32)28-24-26-16(3)21(36-24)17-13-20(35-14-17)37(33,34)30(6)12-11-29(4)5/h7-10,13-15H,11-12H2,1-6H3,(H,25,31)(H2,26,27,28,32). The number of carbonyl (C=O) groups is 2. The van der Waals surface area contributed by atoms with E-state index in [0.29, 0.717) is 35.2 Å². The predicted octanol–water partition coefficient (Wildman–Crippen LogP) is 4.14. The summed E-state index contributed by atoms with van der Waals surface area (Å²) in [4.78, 5) is 32.3. The summed E-state index contributed by atoms with van der Waals surface area (Å²) in [6, 6.07) is 7.80. The smallest absolute Gasteiger partial charge is 0.325 e. The fraction of sp³-hybridized carbons (Fsp3) is 0.375. The second-order valence-electron chi connectivity index (χ2n) is 8.97. The summed E-state index contributed by atoms with van der Waals surface area (Å²) in [7, 11) is 1.75. The van der Waals surface area contributed by atoms with E-state index in [1.807, 2.05) is 32.8 Å². The van der Waals surface area contributed by atoms with Crippen LogP contribution in [0.1, 0.15) is 29.9 Å². The molecule has 2 aromatic heterocycles. The Morgan fingerprint density at radius 2 is 1.78 bits per heavy atom. The first-order valence-corrected chi connectivity index (χ1v) is 14.7. The first-order chi connectivity index (χ1) is 17.4. The molecule has 0 unspecified atom stereocenters. The van der Waals surface area contributed by atoms with Crippen LogP contribution in [0.4, 0.5) is 15.6 Å². The minimum atomic E-state index is -3.60. The van der Waals surface area contributed by atoms with Crippen LogP contribution in [0.25, 0.3) is 10.4 Å². The Bertz CT molecular complexity index is 1360. The molecule has 1 aromatic carbocycles. The number of carbonyl (C=O) groups excluding carboxylic acids is 2. The van der Waals surface area contributed by atoms with Gasteiger partial charge in [-0.3, -0.25) is 10.1 Å². The van der Waals surface area contributed by atoms with Crippen LogP contribution in [-0.4, -0.2) is 74.8 Å². The van der Waals surface area contributed by atoms with Gasteiger partial charge in [0.1, 0.15) is 4.21 Å². The Labute approximate surface area is 225 Å². The first kappa shape index (κ1) is 28.7. The van der Waals surface area contributed by atoms with E-state index in [9.17, 15) is 18.0 Å². The second kappa shape index (κ2) is 12.1. The maximum Gasteiger partial charge on any atom is 0.325 e. The molecule has 0 fully saturated rings. The van der Waals surface area contributed by atoms with Crippen molar-refractivity contribution in [2.75, 3.05) is 44.9 Å². The number of nitrogens with one attached hydrogen (secondary N) is 3. The number of nitrogens with zero attached hydrogens (tertiary/aromatic N) is 3. The van der Waals surface area contributed by atoms with Gasteiger partial charge in [-0.15, -0.1) is 11.3 Å². The number of para-hydroxylation sites is 1. The molecule has 3 amide bonds. The van der Waals surface area contributed by atoms with E-state index in [2.05, 4.69) is 20.9 Å². The zero-order chi connectivity index (χ0) is 27.3. The topological polar surface area (TPSA) is 124 Å². The van der Waals surface area contributed by atoms with E-state index < -0.39 is 16.1 Å². The van der Waals surface area contributed by atoms with Gasteiger partial charge in [0.25, 0.3) is 15.9 Å². The highest BCUT2D eigenvalue weighted by atomic mass is 32.2. The highest BCUT2D eigenvalue weighted by molar-refractivity contribution is 7.91. The average Bonchev–Trinajstić information content (AvgIpc) is 3.44. The van der Waals surface area contributed by atoms with Crippen molar-refractivity contribution in [3.63, 3.8) is 0 Å². The molecule has 0 spiro atoms. The lowest BCUT2D eigenvalue weighted by molar-refractivity contribution is 0.0944. The molecular weight excluding hydrogens is 533 g/mol. The second-order valence-corrected chi connectivity index (χ2v) is 13.2. The Balaban J connectivity index is 1.73. The molecular formula is C24H32N6O4S3. The van der Waals surface area contributed by atoms with Crippen LogP contribution in [0.15, 0.2) is 39.9 Å². The number of amides is 3. The quantitative estimate of drug-likeness (QED) is 0.340. The van der Waals surface area contributed by atoms with Gasteiger partial charge in [-0.1, -0.05) is 23.5 Å². The van der Waals surface area contributed by atoms with Gasteiger partial charge >= 0.3 is 6.03 Å². The number of aryl methyl sites for hydroxylation is 1. The summed E-state index contributed by atoms with van der Waals surface area (Å²) in [5, 5.41) is 10.4. The van der Waals surface area contributed by atoms with Crippen LogP contribution < -0.4 is 16.0 Å². The zero-order valence-electron chi connectivity index (χ0n) is 21.7. The highest BCUT2D eigenvalue weighted by Crippen LogP contribution is 2.37. The third-order valence-corrected chi connectivity index (χ3v) is 9.61. The minimum Gasteiger partial charge on any atom is -0.350 e. The molecule has 0 aliphatic rings. The lowest BCUT2D eigenvalue weighted by Gasteiger charge is -2.18. The highest BCUT2D eigenvalue weighted by Gasteiger charge is 2.24. The van der Waals surface area contributed by atoms with Crippen LogP contribution in [0.3, 0.4) is 0 Å². The van der Waals surface area contributed by atoms with Crippen LogP contribution >= 0.6 is 22.7 Å². The third kappa shape index (κ3) is 7.36. The molecule has 2 heterocycles. The van der Waals surface area contributed by atoms with Gasteiger partial charge in [-0.2, -0.15) is 4.31 Å². The molecule has 0 atom stereocenters. The maximum atomic E-state index is 12.9. The fourth-order valence-corrected chi connectivity index (χ4v) is 6.85. The number of thiophene rings is 1. The molecule has 13 heteroatoms. The van der Waals surface area contributed by atoms with Gasteiger partial charge in [0.05, 0.1) is 21.8 Å². The predicted molar refractivity (Wildman–Crippen MR) is 150 cm³/mol. The molecule has 3 N–H and O–H groups in total. The number of likely N-dealkylation sites (N-methyl/N-ethyl adjacent to an activating group) is 2. The largest absolute Gasteiger partial charge is 0.350 e. The number of thiazole rings is 1. The summed E-state index contributed by atoms with van der Waals surface area (Å²) >= 11 is 2.40. The van der Waals surface area contributed by atoms with Crippen LogP contribution in [0.2, 0.25) is 0 Å². The van der Waals surface area contributed by atoms with E-state index >= 15 is 0 Å². The van der Waals surface area contributed by atoms with Crippen molar-refractivity contribution >= 4 is 55.5 Å². The Morgan fingerprint density at radius 3 is 2.46 bits per heavy atom. The summed E-state index contributed by atoms with van der Waals surface area (Å²) in [6.45, 7) is 6.52. The first-order valence-electron chi connectivity index (χ1n) is 11.5. The van der Waals surface area contributed by atoms with Gasteiger partial charge in [-0.05, 0) is 53.1 Å². The van der Waals surface area contributed by atoms with Gasteiger partial charge in [0, 0.05) is 37.1 Å². The van der Waals surface area contributed by atoms with E-state index in [1.165, 1.54) is 15.6 Å². The number of hydrogen-bond donors (Lipinski definition) is 3. The molecule has 0 bridgehead atoms. The molecule has 3 rings (SSSR count). The Hall–Kier alpha value is -2.84. The molecule has 200 valence electrons. The van der Waals surface area contributed by atoms with Crippen molar-refractivity contribution in [1.82, 2.24) is 19.5 Å². The molecule has 0 aliphatic heterocycles. The Morgan fingerprint density at radius 1 is 1.08 bits per heavy atom. The number of aromatic nitrogens is 1. The Kier molecular flexibility index (Phi) is 9.42. The summed E-state index contributed by atoms with van der Waals surface area (Å²) in [6.07, 6.45) is 0. The van der Waals surface area contributed by atoms with Crippen molar-refractivity contribution < 1.29 is 18.0 Å². The lowest BCUT2D eigenvalue weighted by atomic mass is 10.1. The van der Waals surface area contributed by atoms with Gasteiger partial charge in [-0.25, -0.2) is 18.2 Å². The zero-order valence-corrected chi connectivity index (χ0v) is 24.1. The van der Waals surface area contributed by atoms with E-state index in [1.54, 1.807) is 49.7 Å². The summed E-state index contributed by atoms with van der Waals surface area (Å²) in [5.41, 5.74) is 2.12. The monoisotopic (exact) mass is 564 g/mol. The van der Waals surface area contributed by atoms with Crippen LogP contribution in [-0.2, 0) is 10.0 Å². The van der Waals surface area contributed by atoms with Gasteiger partial charge in [0.15, 0.2) is 5.13 Å². The van der Waals surface area contributed by atoms with Crippen molar-refractivity contribution in [1.29, 1.82) is 0 Å². The molecule has 37 heavy (non-hydrogen) atoms. The fourth-order valence-electron chi connectivity index (χ4n) is 3.28. The normalized spacial score (nSPS) is 11.8. The number of anilines is 2. The van der Waals surface area contributed by atoms with E-state index in [0.717, 1.165) is 21.8 Å². The van der Waals surface area contributed by atoms with Gasteiger partial charge in [0.2, 0.25) is 0 Å². The number of urea groups is 1. The van der Waals surface area contributed by atoms with Crippen LogP contribution in [0, 0.1) is 6.92 Å². The molecule has 0 radical (unpaired) electrons. The number of rotatable bonds is 10. The summed E-state index contributed by atoms with van der Waals surface area (Å²) in [5.74, 6) is -0.283. The molecule has 0 aliphatic carbocycles. The van der Waals surface area contributed by atoms with E-state index in [-0.39, 0.29) is 16.2 Å². The average molecular weight is 565 g/mol.